The maximum Gasteiger partial charge on any atom is 0.290 e. The van der Waals surface area contributed by atoms with Crippen molar-refractivity contribution in [1.29, 1.82) is 0 Å². The number of benzene rings is 2. The van der Waals surface area contributed by atoms with Crippen molar-refractivity contribution < 1.29 is 14.3 Å². The lowest BCUT2D eigenvalue weighted by molar-refractivity contribution is 0.0691. The minimum Gasteiger partial charge on any atom is -0.450 e. The Bertz CT molecular complexity index is 1110. The molecule has 144 valence electrons. The van der Waals surface area contributed by atoms with Crippen molar-refractivity contribution in [3.8, 4) is 0 Å². The van der Waals surface area contributed by atoms with E-state index >= 15 is 0 Å². The summed E-state index contributed by atoms with van der Waals surface area (Å²) < 4.78 is 5.83. The fourth-order valence-electron chi connectivity index (χ4n) is 3.82. The summed E-state index contributed by atoms with van der Waals surface area (Å²) in [7, 11) is 0. The van der Waals surface area contributed by atoms with Crippen LogP contribution in [0.3, 0.4) is 0 Å². The van der Waals surface area contributed by atoms with Crippen LogP contribution in [0.25, 0.3) is 11.0 Å². The van der Waals surface area contributed by atoms with Crippen LogP contribution in [0.2, 0.25) is 0 Å². The second kappa shape index (κ2) is 6.60. The molecule has 0 fully saturated rings. The molecule has 0 spiro atoms. The van der Waals surface area contributed by atoms with Gasteiger partial charge in [0.05, 0.1) is 23.6 Å². The number of rotatable bonds is 3. The van der Waals surface area contributed by atoms with E-state index in [1.807, 2.05) is 24.3 Å². The number of amides is 1. The predicted octanol–water partition coefficient (Wildman–Crippen LogP) is 3.63. The van der Waals surface area contributed by atoms with E-state index in [1.165, 1.54) is 10.5 Å². The van der Waals surface area contributed by atoms with Crippen LogP contribution in [0.1, 0.15) is 54.1 Å². The minimum absolute atomic E-state index is 0.00193. The van der Waals surface area contributed by atoms with E-state index in [9.17, 15) is 14.7 Å². The fraction of sp³-hybridized carbons (Fsp3) is 0.304. The first kappa shape index (κ1) is 18.4. The normalized spacial score (nSPS) is 16.6. The van der Waals surface area contributed by atoms with Crippen LogP contribution < -0.4 is 5.43 Å². The SMILES string of the molecule is CC(C)(C)c1ccc([C@@H]2c3c(oc4ccccc4c3=O)C(=O)N2CCO)cc1. The van der Waals surface area contributed by atoms with Crippen LogP contribution in [-0.4, -0.2) is 29.1 Å². The molecule has 4 rings (SSSR count). The summed E-state index contributed by atoms with van der Waals surface area (Å²) >= 11 is 0. The van der Waals surface area contributed by atoms with E-state index in [1.54, 1.807) is 24.3 Å². The molecule has 28 heavy (non-hydrogen) atoms. The number of aliphatic hydroxyl groups is 1. The Labute approximate surface area is 163 Å². The predicted molar refractivity (Wildman–Crippen MR) is 108 cm³/mol. The number of hydrogen-bond acceptors (Lipinski definition) is 4. The first-order valence-electron chi connectivity index (χ1n) is 9.41. The van der Waals surface area contributed by atoms with Crippen molar-refractivity contribution in [3.63, 3.8) is 0 Å². The number of fused-ring (bicyclic) bond motifs is 2. The van der Waals surface area contributed by atoms with Gasteiger partial charge in [-0.3, -0.25) is 9.59 Å². The van der Waals surface area contributed by atoms with Crippen LogP contribution in [0.15, 0.2) is 57.7 Å². The molecular formula is C23H23NO4. The lowest BCUT2D eigenvalue weighted by atomic mass is 9.86. The minimum atomic E-state index is -0.565. The molecule has 2 heterocycles. The van der Waals surface area contributed by atoms with Crippen LogP contribution in [0.5, 0.6) is 0 Å². The standard InChI is InChI=1S/C23H23NO4/c1-23(2,3)15-10-8-14(9-11-15)19-18-20(26)16-6-4-5-7-17(16)28-21(18)22(27)24(19)12-13-25/h4-11,19,25H,12-13H2,1-3H3/t19-/m1/s1. The molecule has 0 aliphatic carbocycles. The summed E-state index contributed by atoms with van der Waals surface area (Å²) in [6.45, 7) is 6.34. The molecule has 5 heteroatoms. The van der Waals surface area contributed by atoms with Gasteiger partial charge in [0.25, 0.3) is 5.91 Å². The quantitative estimate of drug-likeness (QED) is 0.757. The molecule has 0 saturated carbocycles. The largest absolute Gasteiger partial charge is 0.450 e. The highest BCUT2D eigenvalue weighted by Crippen LogP contribution is 2.38. The first-order valence-corrected chi connectivity index (χ1v) is 9.41. The molecule has 1 aromatic heterocycles. The maximum atomic E-state index is 13.2. The number of para-hydroxylation sites is 1. The van der Waals surface area contributed by atoms with Gasteiger partial charge in [-0.25, -0.2) is 0 Å². The molecule has 1 amide bonds. The lowest BCUT2D eigenvalue weighted by Crippen LogP contribution is -2.32. The van der Waals surface area contributed by atoms with E-state index in [0.717, 1.165) is 5.56 Å². The summed E-state index contributed by atoms with van der Waals surface area (Å²) in [5, 5.41) is 9.95. The van der Waals surface area contributed by atoms with Crippen molar-refractivity contribution in [2.24, 2.45) is 0 Å². The number of carbonyl (C=O) groups is 1. The van der Waals surface area contributed by atoms with Crippen molar-refractivity contribution in [2.45, 2.75) is 32.2 Å². The van der Waals surface area contributed by atoms with Crippen LogP contribution >= 0.6 is 0 Å². The zero-order valence-electron chi connectivity index (χ0n) is 16.2. The third kappa shape index (κ3) is 2.83. The number of aliphatic hydroxyl groups excluding tert-OH is 1. The smallest absolute Gasteiger partial charge is 0.290 e. The van der Waals surface area contributed by atoms with Gasteiger partial charge in [-0.2, -0.15) is 0 Å². The number of β-amino-alcohol motifs (C(OH)–C–C–N with tert-alkyl or cyclic N) is 1. The summed E-state index contributed by atoms with van der Waals surface area (Å²) in [5.41, 5.74) is 2.54. The Kier molecular flexibility index (Phi) is 4.35. The Balaban J connectivity index is 1.92. The molecule has 5 nitrogen and oxygen atoms in total. The highest BCUT2D eigenvalue weighted by atomic mass is 16.3. The van der Waals surface area contributed by atoms with Gasteiger partial charge < -0.3 is 14.4 Å². The van der Waals surface area contributed by atoms with E-state index in [-0.39, 0.29) is 35.7 Å². The number of hydrogen-bond donors (Lipinski definition) is 1. The monoisotopic (exact) mass is 377 g/mol. The van der Waals surface area contributed by atoms with Gasteiger partial charge in [0.15, 0.2) is 5.43 Å². The zero-order chi connectivity index (χ0) is 20.1. The highest BCUT2D eigenvalue weighted by Gasteiger charge is 2.42. The first-order chi connectivity index (χ1) is 13.3. The van der Waals surface area contributed by atoms with Gasteiger partial charge in [-0.05, 0) is 28.7 Å². The summed E-state index contributed by atoms with van der Waals surface area (Å²) in [4.78, 5) is 27.7. The van der Waals surface area contributed by atoms with E-state index in [0.29, 0.717) is 16.5 Å². The van der Waals surface area contributed by atoms with Crippen LogP contribution in [0.4, 0.5) is 0 Å². The van der Waals surface area contributed by atoms with Crippen molar-refractivity contribution >= 4 is 16.9 Å². The Morgan fingerprint density at radius 3 is 2.36 bits per heavy atom. The molecule has 0 saturated heterocycles. The summed E-state index contributed by atoms with van der Waals surface area (Å²) in [6.07, 6.45) is 0. The topological polar surface area (TPSA) is 70.8 Å². The molecule has 0 radical (unpaired) electrons. The summed E-state index contributed by atoms with van der Waals surface area (Å²) in [5.74, 6) is -0.293. The molecule has 0 bridgehead atoms. The molecule has 1 aliphatic rings. The molecule has 1 aliphatic heterocycles. The maximum absolute atomic E-state index is 13.2. The van der Waals surface area contributed by atoms with E-state index in [4.69, 9.17) is 4.42 Å². The second-order valence-electron chi connectivity index (χ2n) is 8.17. The Morgan fingerprint density at radius 1 is 1.04 bits per heavy atom. The van der Waals surface area contributed by atoms with Gasteiger partial charge in [0.2, 0.25) is 5.76 Å². The molecule has 1 N–H and O–H groups in total. The molecule has 0 unspecified atom stereocenters. The summed E-state index contributed by atoms with van der Waals surface area (Å²) in [6, 6.07) is 14.3. The van der Waals surface area contributed by atoms with Crippen molar-refractivity contribution in [2.75, 3.05) is 13.2 Å². The number of carbonyl (C=O) groups excluding carboxylic acids is 1. The molecule has 2 aromatic carbocycles. The Hall–Kier alpha value is -2.92. The lowest BCUT2D eigenvalue weighted by Gasteiger charge is -2.25. The molecular weight excluding hydrogens is 354 g/mol. The Morgan fingerprint density at radius 2 is 1.71 bits per heavy atom. The van der Waals surface area contributed by atoms with Crippen LogP contribution in [-0.2, 0) is 5.41 Å². The third-order valence-electron chi connectivity index (χ3n) is 5.31. The zero-order valence-corrected chi connectivity index (χ0v) is 16.2. The average Bonchev–Trinajstić information content (AvgIpc) is 2.94. The fourth-order valence-corrected chi connectivity index (χ4v) is 3.82. The highest BCUT2D eigenvalue weighted by molar-refractivity contribution is 5.99. The van der Waals surface area contributed by atoms with Gasteiger partial charge in [-0.1, -0.05) is 57.2 Å². The van der Waals surface area contributed by atoms with Gasteiger partial charge >= 0.3 is 0 Å². The van der Waals surface area contributed by atoms with Gasteiger partial charge in [0.1, 0.15) is 5.58 Å². The van der Waals surface area contributed by atoms with Crippen molar-refractivity contribution in [3.05, 3.63) is 81.2 Å². The second-order valence-corrected chi connectivity index (χ2v) is 8.17. The average molecular weight is 377 g/mol. The van der Waals surface area contributed by atoms with Crippen molar-refractivity contribution in [1.82, 2.24) is 4.90 Å². The van der Waals surface area contributed by atoms with E-state index in [2.05, 4.69) is 20.8 Å². The van der Waals surface area contributed by atoms with Crippen LogP contribution in [0, 0.1) is 0 Å². The number of nitrogens with zero attached hydrogens (tertiary/aromatic N) is 1. The molecule has 3 aromatic rings. The van der Waals surface area contributed by atoms with Gasteiger partial charge in [0, 0.05) is 6.54 Å². The van der Waals surface area contributed by atoms with Gasteiger partial charge in [-0.15, -0.1) is 0 Å². The third-order valence-corrected chi connectivity index (χ3v) is 5.31. The van der Waals surface area contributed by atoms with E-state index < -0.39 is 6.04 Å². The molecule has 1 atom stereocenters.